The Labute approximate surface area is 190 Å². The largest absolute Gasteiger partial charge is 0.497 e. The molecular formula is C25H21ClN4O2. The summed E-state index contributed by atoms with van der Waals surface area (Å²) in [7, 11) is 1.66. The molecule has 5 rings (SSSR count). The molecule has 1 aromatic heterocycles. The van der Waals surface area contributed by atoms with Gasteiger partial charge in [-0.3, -0.25) is 4.79 Å². The number of para-hydroxylation sites is 1. The number of nitrogens with one attached hydrogen (secondary N) is 3. The second-order valence-electron chi connectivity index (χ2n) is 7.61. The molecule has 0 aliphatic carbocycles. The van der Waals surface area contributed by atoms with Crippen molar-refractivity contribution in [3.8, 4) is 5.75 Å². The quantitative estimate of drug-likeness (QED) is 0.379. The van der Waals surface area contributed by atoms with E-state index in [2.05, 4.69) is 20.8 Å². The Bertz CT molecular complexity index is 1310. The first-order chi connectivity index (χ1) is 15.6. The average Bonchev–Trinajstić information content (AvgIpc) is 3.45. The summed E-state index contributed by atoms with van der Waals surface area (Å²) in [5.41, 5.74) is 8.21. The number of aromatic nitrogens is 1. The molecule has 1 unspecified atom stereocenters. The molecule has 1 atom stereocenters. The van der Waals surface area contributed by atoms with E-state index in [4.69, 9.17) is 16.3 Å². The lowest BCUT2D eigenvalue weighted by Crippen LogP contribution is -2.13. The first kappa shape index (κ1) is 20.2. The number of fused-ring (bicyclic) bond motifs is 1. The minimum Gasteiger partial charge on any atom is -0.497 e. The Morgan fingerprint density at radius 2 is 1.81 bits per heavy atom. The number of amides is 1. The molecule has 1 amide bonds. The summed E-state index contributed by atoms with van der Waals surface area (Å²) < 4.78 is 5.22. The number of H-pyrrole nitrogens is 1. The third-order valence-electron chi connectivity index (χ3n) is 5.62. The zero-order valence-corrected chi connectivity index (χ0v) is 18.1. The van der Waals surface area contributed by atoms with E-state index in [9.17, 15) is 4.79 Å². The molecule has 160 valence electrons. The third-order valence-corrected chi connectivity index (χ3v) is 6.01. The maximum absolute atomic E-state index is 12.7. The Kier molecular flexibility index (Phi) is 5.29. The lowest BCUT2D eigenvalue weighted by molar-refractivity contribution is 0.102. The summed E-state index contributed by atoms with van der Waals surface area (Å²) in [6.07, 6.45) is 0.780. The summed E-state index contributed by atoms with van der Waals surface area (Å²) >= 11 is 6.39. The third kappa shape index (κ3) is 3.81. The van der Waals surface area contributed by atoms with E-state index in [1.54, 1.807) is 7.11 Å². The monoisotopic (exact) mass is 444 g/mol. The smallest absolute Gasteiger partial charge is 0.273 e. The molecule has 2 heterocycles. The van der Waals surface area contributed by atoms with E-state index in [1.807, 2.05) is 72.8 Å². The topological polar surface area (TPSA) is 78.5 Å². The fourth-order valence-corrected chi connectivity index (χ4v) is 4.15. The molecule has 1 aliphatic rings. The maximum atomic E-state index is 12.7. The second kappa shape index (κ2) is 8.40. The molecule has 0 saturated carbocycles. The van der Waals surface area contributed by atoms with Crippen LogP contribution in [0.1, 0.15) is 34.1 Å². The maximum Gasteiger partial charge on any atom is 0.273 e. The number of carbonyl (C=O) groups is 1. The normalized spacial score (nSPS) is 15.3. The van der Waals surface area contributed by atoms with Crippen molar-refractivity contribution in [2.24, 2.45) is 5.10 Å². The highest BCUT2D eigenvalue weighted by Gasteiger charge is 2.21. The fraction of sp³-hybridized carbons (Fsp3) is 0.120. The molecule has 0 saturated heterocycles. The molecule has 1 aliphatic heterocycles. The summed E-state index contributed by atoms with van der Waals surface area (Å²) in [5.74, 6) is 0.553. The molecule has 6 nitrogen and oxygen atoms in total. The van der Waals surface area contributed by atoms with Crippen molar-refractivity contribution in [1.82, 2.24) is 10.4 Å². The lowest BCUT2D eigenvalue weighted by Gasteiger charge is -2.11. The van der Waals surface area contributed by atoms with Crippen molar-refractivity contribution in [3.05, 3.63) is 94.6 Å². The van der Waals surface area contributed by atoms with Crippen molar-refractivity contribution >= 4 is 39.8 Å². The fourth-order valence-electron chi connectivity index (χ4n) is 3.86. The number of rotatable bonds is 5. The van der Waals surface area contributed by atoms with Gasteiger partial charge in [0.05, 0.1) is 23.9 Å². The molecule has 0 radical (unpaired) electrons. The van der Waals surface area contributed by atoms with Crippen LogP contribution in [0.5, 0.6) is 5.75 Å². The molecule has 0 spiro atoms. The SMILES string of the molecule is COc1ccc(C2CC(c3ccc(NC(=O)c4[nH]c5ccccc5c4Cl)cc3)=NN2)cc1. The van der Waals surface area contributed by atoms with E-state index in [0.29, 0.717) is 16.4 Å². The minimum absolute atomic E-state index is 0.124. The van der Waals surface area contributed by atoms with Gasteiger partial charge in [-0.15, -0.1) is 0 Å². The van der Waals surface area contributed by atoms with Crippen molar-refractivity contribution in [1.29, 1.82) is 0 Å². The van der Waals surface area contributed by atoms with Gasteiger partial charge in [0.1, 0.15) is 11.4 Å². The second-order valence-corrected chi connectivity index (χ2v) is 7.99. The van der Waals surface area contributed by atoms with Crippen LogP contribution in [0.25, 0.3) is 10.9 Å². The van der Waals surface area contributed by atoms with Crippen LogP contribution in [0.15, 0.2) is 77.9 Å². The number of aromatic amines is 1. The summed E-state index contributed by atoms with van der Waals surface area (Å²) in [6.45, 7) is 0. The summed E-state index contributed by atoms with van der Waals surface area (Å²) in [5, 5.41) is 8.66. The number of halogens is 1. The molecule has 7 heteroatoms. The van der Waals surface area contributed by atoms with Crippen LogP contribution >= 0.6 is 11.6 Å². The molecule has 3 N–H and O–H groups in total. The molecule has 4 aromatic rings. The molecule has 0 bridgehead atoms. The van der Waals surface area contributed by atoms with Crippen molar-refractivity contribution in [2.75, 3.05) is 12.4 Å². The standard InChI is InChI=1S/C25H21ClN4O2/c1-32-18-12-8-16(9-13-18)22-14-21(29-30-22)15-6-10-17(11-7-15)27-25(31)24-23(26)19-4-2-3-5-20(19)28-24/h2-13,22,28,30H,14H2,1H3,(H,27,31). The highest BCUT2D eigenvalue weighted by atomic mass is 35.5. The zero-order chi connectivity index (χ0) is 22.1. The highest BCUT2D eigenvalue weighted by Crippen LogP contribution is 2.29. The van der Waals surface area contributed by atoms with Gasteiger partial charge in [0.2, 0.25) is 0 Å². The van der Waals surface area contributed by atoms with Gasteiger partial charge in [-0.1, -0.05) is 54.1 Å². The summed E-state index contributed by atoms with van der Waals surface area (Å²) in [4.78, 5) is 15.8. The van der Waals surface area contributed by atoms with Crippen LogP contribution in [0.2, 0.25) is 5.02 Å². The van der Waals surface area contributed by atoms with Gasteiger partial charge in [0.25, 0.3) is 5.91 Å². The predicted molar refractivity (Wildman–Crippen MR) is 128 cm³/mol. The van der Waals surface area contributed by atoms with Gasteiger partial charge in [-0.2, -0.15) is 5.10 Å². The van der Waals surface area contributed by atoms with E-state index < -0.39 is 0 Å². The van der Waals surface area contributed by atoms with Gasteiger partial charge in [-0.05, 0) is 41.5 Å². The number of hydrazone groups is 1. The number of hydrogen-bond acceptors (Lipinski definition) is 4. The van der Waals surface area contributed by atoms with Gasteiger partial charge in [0, 0.05) is 23.0 Å². The van der Waals surface area contributed by atoms with Crippen molar-refractivity contribution in [2.45, 2.75) is 12.5 Å². The van der Waals surface area contributed by atoms with Gasteiger partial charge < -0.3 is 20.5 Å². The number of benzene rings is 3. The van der Waals surface area contributed by atoms with Gasteiger partial charge in [-0.25, -0.2) is 0 Å². The van der Waals surface area contributed by atoms with E-state index in [0.717, 1.165) is 39.9 Å². The van der Waals surface area contributed by atoms with Crippen LogP contribution in [0.3, 0.4) is 0 Å². The number of ether oxygens (including phenoxy) is 1. The van der Waals surface area contributed by atoms with Gasteiger partial charge in [0.15, 0.2) is 0 Å². The number of carbonyl (C=O) groups excluding carboxylic acids is 1. The Hall–Kier alpha value is -3.77. The Morgan fingerprint density at radius 1 is 1.06 bits per heavy atom. The molecule has 0 fully saturated rings. The lowest BCUT2D eigenvalue weighted by atomic mass is 9.99. The zero-order valence-electron chi connectivity index (χ0n) is 17.4. The Balaban J connectivity index is 1.26. The predicted octanol–water partition coefficient (Wildman–Crippen LogP) is 5.52. The van der Waals surface area contributed by atoms with Crippen LogP contribution in [0, 0.1) is 0 Å². The highest BCUT2D eigenvalue weighted by molar-refractivity contribution is 6.39. The first-order valence-electron chi connectivity index (χ1n) is 10.3. The van der Waals surface area contributed by atoms with Gasteiger partial charge >= 0.3 is 0 Å². The van der Waals surface area contributed by atoms with E-state index >= 15 is 0 Å². The number of hydrogen-bond donors (Lipinski definition) is 3. The summed E-state index contributed by atoms with van der Waals surface area (Å²) in [6, 6.07) is 23.3. The van der Waals surface area contributed by atoms with E-state index in [-0.39, 0.29) is 11.9 Å². The minimum atomic E-state index is -0.279. The van der Waals surface area contributed by atoms with Crippen molar-refractivity contribution in [3.63, 3.8) is 0 Å². The molecule has 32 heavy (non-hydrogen) atoms. The Morgan fingerprint density at radius 3 is 2.53 bits per heavy atom. The number of nitrogens with zero attached hydrogens (tertiary/aromatic N) is 1. The molecule has 3 aromatic carbocycles. The van der Waals surface area contributed by atoms with Crippen LogP contribution in [-0.4, -0.2) is 23.7 Å². The van der Waals surface area contributed by atoms with Crippen molar-refractivity contribution < 1.29 is 9.53 Å². The number of anilines is 1. The first-order valence-corrected chi connectivity index (χ1v) is 10.6. The van der Waals surface area contributed by atoms with Crippen LogP contribution in [0.4, 0.5) is 5.69 Å². The van der Waals surface area contributed by atoms with Crippen LogP contribution < -0.4 is 15.5 Å². The number of methoxy groups -OCH3 is 1. The van der Waals surface area contributed by atoms with Crippen LogP contribution in [-0.2, 0) is 0 Å². The molecular weight excluding hydrogens is 424 g/mol. The van der Waals surface area contributed by atoms with E-state index in [1.165, 1.54) is 0 Å². The average molecular weight is 445 g/mol.